The summed E-state index contributed by atoms with van der Waals surface area (Å²) in [6, 6.07) is 7.20. The predicted molar refractivity (Wildman–Crippen MR) is 63.2 cm³/mol. The van der Waals surface area contributed by atoms with Crippen molar-refractivity contribution in [2.75, 3.05) is 0 Å². The molecule has 6 heteroatoms. The van der Waals surface area contributed by atoms with Crippen LogP contribution in [-0.4, -0.2) is 15.6 Å². The molecule has 0 amide bonds. The smallest absolute Gasteiger partial charge is 0.294 e. The van der Waals surface area contributed by atoms with E-state index in [1.54, 1.807) is 31.2 Å². The number of carbonyl (C=O) groups excluding carboxylic acids is 1. The molecule has 0 saturated heterocycles. The molecule has 0 atom stereocenters. The quantitative estimate of drug-likeness (QED) is 0.799. The molecule has 3 nitrogen and oxygen atoms in total. The van der Waals surface area contributed by atoms with Crippen LogP contribution in [0.2, 0.25) is 0 Å². The van der Waals surface area contributed by atoms with Crippen LogP contribution in [0.25, 0.3) is 5.69 Å². The molecule has 2 aromatic rings. The summed E-state index contributed by atoms with van der Waals surface area (Å²) in [6.45, 7) is 1.75. The van der Waals surface area contributed by atoms with Gasteiger partial charge < -0.3 is 0 Å². The Labute approximate surface area is 107 Å². The lowest BCUT2D eigenvalue weighted by molar-refractivity contribution is -0.141. The van der Waals surface area contributed by atoms with Gasteiger partial charge in [0.1, 0.15) is 0 Å². The molecule has 0 aliphatic carbocycles. The van der Waals surface area contributed by atoms with Crippen LogP contribution in [0.4, 0.5) is 13.2 Å². The SMILES string of the molecule is CCC(=O)c1ccc(-n2ccc(C(F)(F)F)n2)cc1. The molecule has 1 heterocycles. The lowest BCUT2D eigenvalue weighted by atomic mass is 10.1. The second-order valence-corrected chi connectivity index (χ2v) is 3.97. The van der Waals surface area contributed by atoms with Crippen molar-refractivity contribution in [3.8, 4) is 5.69 Å². The van der Waals surface area contributed by atoms with Gasteiger partial charge in [-0.2, -0.15) is 18.3 Å². The van der Waals surface area contributed by atoms with Gasteiger partial charge in [-0.1, -0.05) is 6.92 Å². The lowest BCUT2D eigenvalue weighted by Gasteiger charge is -2.04. The number of hydrogen-bond donors (Lipinski definition) is 0. The molecular weight excluding hydrogens is 257 g/mol. The van der Waals surface area contributed by atoms with E-state index in [1.165, 1.54) is 6.20 Å². The summed E-state index contributed by atoms with van der Waals surface area (Å²) in [5.74, 6) is -0.0111. The van der Waals surface area contributed by atoms with Gasteiger partial charge in [0.25, 0.3) is 0 Å². The molecule has 0 bridgehead atoms. The maximum absolute atomic E-state index is 12.4. The third-order valence-corrected chi connectivity index (χ3v) is 2.65. The van der Waals surface area contributed by atoms with Crippen molar-refractivity contribution < 1.29 is 18.0 Å². The molecule has 100 valence electrons. The van der Waals surface area contributed by atoms with Crippen molar-refractivity contribution >= 4 is 5.78 Å². The number of alkyl halides is 3. The van der Waals surface area contributed by atoms with E-state index >= 15 is 0 Å². The second kappa shape index (κ2) is 4.87. The highest BCUT2D eigenvalue weighted by Gasteiger charge is 2.33. The van der Waals surface area contributed by atoms with Crippen LogP contribution < -0.4 is 0 Å². The Morgan fingerprint density at radius 2 is 1.84 bits per heavy atom. The maximum Gasteiger partial charge on any atom is 0.435 e. The topological polar surface area (TPSA) is 34.9 Å². The van der Waals surface area contributed by atoms with Crippen molar-refractivity contribution in [2.45, 2.75) is 19.5 Å². The maximum atomic E-state index is 12.4. The zero-order valence-corrected chi connectivity index (χ0v) is 10.1. The minimum Gasteiger partial charge on any atom is -0.294 e. The summed E-state index contributed by atoms with van der Waals surface area (Å²) >= 11 is 0. The highest BCUT2D eigenvalue weighted by atomic mass is 19.4. The molecule has 0 spiro atoms. The van der Waals surface area contributed by atoms with Crippen LogP contribution in [0.15, 0.2) is 36.5 Å². The van der Waals surface area contributed by atoms with E-state index < -0.39 is 11.9 Å². The summed E-state index contributed by atoms with van der Waals surface area (Å²) in [5, 5.41) is 3.45. The van der Waals surface area contributed by atoms with Crippen LogP contribution in [0.5, 0.6) is 0 Å². The van der Waals surface area contributed by atoms with Crippen LogP contribution in [-0.2, 0) is 6.18 Å². The first kappa shape index (κ1) is 13.3. The number of aromatic nitrogens is 2. The van der Waals surface area contributed by atoms with Gasteiger partial charge >= 0.3 is 6.18 Å². The molecule has 2 rings (SSSR count). The van der Waals surface area contributed by atoms with E-state index in [1.807, 2.05) is 0 Å². The van der Waals surface area contributed by atoms with Crippen molar-refractivity contribution in [3.63, 3.8) is 0 Å². The normalized spacial score (nSPS) is 11.6. The van der Waals surface area contributed by atoms with Gasteiger partial charge in [-0.05, 0) is 30.3 Å². The average Bonchev–Trinajstić information content (AvgIpc) is 2.87. The molecule has 1 aromatic carbocycles. The first-order valence-electron chi connectivity index (χ1n) is 5.68. The fraction of sp³-hybridized carbons (Fsp3) is 0.231. The van der Waals surface area contributed by atoms with Gasteiger partial charge in [0.2, 0.25) is 0 Å². The van der Waals surface area contributed by atoms with E-state index in [0.29, 0.717) is 17.7 Å². The molecule has 0 saturated carbocycles. The molecule has 1 aromatic heterocycles. The first-order chi connectivity index (χ1) is 8.91. The van der Waals surface area contributed by atoms with Crippen LogP contribution >= 0.6 is 0 Å². The summed E-state index contributed by atoms with van der Waals surface area (Å²) in [5.41, 5.74) is 0.0683. The summed E-state index contributed by atoms with van der Waals surface area (Å²) < 4.78 is 38.4. The van der Waals surface area contributed by atoms with E-state index in [9.17, 15) is 18.0 Å². The monoisotopic (exact) mass is 268 g/mol. The van der Waals surface area contributed by atoms with Crippen molar-refractivity contribution in [1.29, 1.82) is 0 Å². The number of carbonyl (C=O) groups is 1. The molecule has 0 aliphatic rings. The van der Waals surface area contributed by atoms with Gasteiger partial charge in [0, 0.05) is 18.2 Å². The van der Waals surface area contributed by atoms with E-state index in [-0.39, 0.29) is 5.78 Å². The molecule has 0 radical (unpaired) electrons. The number of rotatable bonds is 3. The van der Waals surface area contributed by atoms with E-state index in [0.717, 1.165) is 10.7 Å². The molecule has 0 aliphatic heterocycles. The minimum atomic E-state index is -4.45. The van der Waals surface area contributed by atoms with Gasteiger partial charge in [0.15, 0.2) is 11.5 Å². The number of hydrogen-bond acceptors (Lipinski definition) is 2. The van der Waals surface area contributed by atoms with Crippen molar-refractivity contribution in [2.24, 2.45) is 0 Å². The number of Topliss-reactive ketones (excluding diaryl/α,β-unsaturated/α-hetero) is 1. The number of benzene rings is 1. The summed E-state index contributed by atoms with van der Waals surface area (Å²) in [7, 11) is 0. The average molecular weight is 268 g/mol. The standard InChI is InChI=1S/C13H11F3N2O/c1-2-11(19)9-3-5-10(6-4-9)18-8-7-12(17-18)13(14,15)16/h3-8H,2H2,1H3. The van der Waals surface area contributed by atoms with Gasteiger partial charge in [-0.15, -0.1) is 0 Å². The largest absolute Gasteiger partial charge is 0.435 e. The fourth-order valence-corrected chi connectivity index (χ4v) is 1.62. The lowest BCUT2D eigenvalue weighted by Crippen LogP contribution is -2.07. The third kappa shape index (κ3) is 2.83. The molecular formula is C13H11F3N2O. The zero-order chi connectivity index (χ0) is 14.0. The Hall–Kier alpha value is -2.11. The fourth-order valence-electron chi connectivity index (χ4n) is 1.62. The van der Waals surface area contributed by atoms with Gasteiger partial charge in [0.05, 0.1) is 5.69 Å². The second-order valence-electron chi connectivity index (χ2n) is 3.97. The summed E-state index contributed by atoms with van der Waals surface area (Å²) in [4.78, 5) is 11.4. The van der Waals surface area contributed by atoms with E-state index in [2.05, 4.69) is 5.10 Å². The highest BCUT2D eigenvalue weighted by molar-refractivity contribution is 5.95. The Kier molecular flexibility index (Phi) is 3.42. The van der Waals surface area contributed by atoms with Crippen LogP contribution in [0.3, 0.4) is 0 Å². The van der Waals surface area contributed by atoms with Crippen LogP contribution in [0.1, 0.15) is 29.4 Å². The molecule has 0 N–H and O–H groups in total. The predicted octanol–water partition coefficient (Wildman–Crippen LogP) is 3.48. The Morgan fingerprint density at radius 1 is 1.21 bits per heavy atom. The number of halogens is 3. The molecule has 0 fully saturated rings. The third-order valence-electron chi connectivity index (χ3n) is 2.65. The van der Waals surface area contributed by atoms with E-state index in [4.69, 9.17) is 0 Å². The number of ketones is 1. The van der Waals surface area contributed by atoms with Crippen molar-refractivity contribution in [3.05, 3.63) is 47.8 Å². The van der Waals surface area contributed by atoms with Gasteiger partial charge in [-0.25, -0.2) is 4.68 Å². The Bertz CT molecular complexity index is 585. The molecule has 19 heavy (non-hydrogen) atoms. The Balaban J connectivity index is 2.28. The molecule has 0 unspecified atom stereocenters. The number of nitrogens with zero attached hydrogens (tertiary/aromatic N) is 2. The van der Waals surface area contributed by atoms with Gasteiger partial charge in [-0.3, -0.25) is 4.79 Å². The van der Waals surface area contributed by atoms with Crippen LogP contribution in [0, 0.1) is 0 Å². The highest BCUT2D eigenvalue weighted by Crippen LogP contribution is 2.27. The Morgan fingerprint density at radius 3 is 2.32 bits per heavy atom. The summed E-state index contributed by atoms with van der Waals surface area (Å²) in [6.07, 6.45) is -2.83. The first-order valence-corrected chi connectivity index (χ1v) is 5.68. The van der Waals surface area contributed by atoms with Crippen molar-refractivity contribution in [1.82, 2.24) is 9.78 Å². The minimum absolute atomic E-state index is 0.0111. The zero-order valence-electron chi connectivity index (χ0n) is 10.1.